The van der Waals surface area contributed by atoms with Crippen LogP contribution in [0.25, 0.3) is 11.5 Å². The van der Waals surface area contributed by atoms with E-state index < -0.39 is 5.97 Å². The van der Waals surface area contributed by atoms with Gasteiger partial charge in [0.15, 0.2) is 5.82 Å². The van der Waals surface area contributed by atoms with E-state index in [-0.39, 0.29) is 0 Å². The fourth-order valence-electron chi connectivity index (χ4n) is 2.70. The Hall–Kier alpha value is -2.66. The zero-order valence-electron chi connectivity index (χ0n) is 14.1. The van der Waals surface area contributed by atoms with Gasteiger partial charge < -0.3 is 9.30 Å². The number of aryl methyl sites for hydroxylation is 3. The van der Waals surface area contributed by atoms with E-state index >= 15 is 0 Å². The van der Waals surface area contributed by atoms with Crippen molar-refractivity contribution < 1.29 is 9.53 Å². The third kappa shape index (κ3) is 3.88. The molecule has 0 unspecified atom stereocenters. The van der Waals surface area contributed by atoms with Crippen molar-refractivity contribution in [2.24, 2.45) is 0 Å². The number of hydrogen-bond acceptors (Lipinski definition) is 4. The van der Waals surface area contributed by atoms with Crippen molar-refractivity contribution in [2.45, 2.75) is 19.9 Å². The molecule has 2 heterocycles. The maximum atomic E-state index is 11.7. The molecule has 3 aromatic rings. The molecule has 6 heteroatoms. The van der Waals surface area contributed by atoms with Crippen LogP contribution in [0.1, 0.15) is 21.5 Å². The highest BCUT2D eigenvalue weighted by Crippen LogP contribution is 2.19. The van der Waals surface area contributed by atoms with Crippen LogP contribution in [-0.2, 0) is 17.7 Å². The predicted molar refractivity (Wildman–Crippen MR) is 96.7 cm³/mol. The van der Waals surface area contributed by atoms with Crippen molar-refractivity contribution >= 4 is 17.6 Å². The number of imidazole rings is 1. The number of nitrogens with zero attached hydrogens (tertiary/aromatic N) is 3. The van der Waals surface area contributed by atoms with Crippen molar-refractivity contribution in [3.8, 4) is 11.5 Å². The number of halogens is 1. The summed E-state index contributed by atoms with van der Waals surface area (Å²) in [4.78, 5) is 20.4. The number of aromatic nitrogens is 3. The Morgan fingerprint density at radius 2 is 2.04 bits per heavy atom. The van der Waals surface area contributed by atoms with E-state index in [1.807, 2.05) is 29.0 Å². The summed E-state index contributed by atoms with van der Waals surface area (Å²) >= 11 is 6.01. The molecule has 0 bridgehead atoms. The molecule has 0 fully saturated rings. The number of carbonyl (C=O) groups is 1. The standard InChI is InChI=1S/C19H18ClN3O2/c1-13-11-16(20)4-3-14(13)6-9-23-10-8-22-18(23)17-12-15(5-7-21-17)19(24)25-2/h3-5,7-8,10-12H,6,9H2,1-2H3. The first-order valence-electron chi connectivity index (χ1n) is 7.89. The predicted octanol–water partition coefficient (Wildman–Crippen LogP) is 3.94. The normalized spacial score (nSPS) is 10.7. The maximum absolute atomic E-state index is 11.7. The van der Waals surface area contributed by atoms with E-state index in [1.54, 1.807) is 24.5 Å². The van der Waals surface area contributed by atoms with Crippen LogP contribution in [0.2, 0.25) is 5.02 Å². The molecule has 0 aliphatic carbocycles. The minimum absolute atomic E-state index is 0.390. The molecule has 0 spiro atoms. The Morgan fingerprint density at radius 1 is 1.20 bits per heavy atom. The van der Waals surface area contributed by atoms with Crippen LogP contribution in [0.15, 0.2) is 48.9 Å². The second-order valence-electron chi connectivity index (χ2n) is 5.69. The van der Waals surface area contributed by atoms with E-state index in [0.29, 0.717) is 11.3 Å². The van der Waals surface area contributed by atoms with E-state index in [4.69, 9.17) is 16.3 Å². The van der Waals surface area contributed by atoms with E-state index in [0.717, 1.165) is 23.8 Å². The molecule has 0 atom stereocenters. The van der Waals surface area contributed by atoms with Gasteiger partial charge in [-0.05, 0) is 48.7 Å². The lowest BCUT2D eigenvalue weighted by molar-refractivity contribution is 0.0600. The molecule has 0 aliphatic heterocycles. The van der Waals surface area contributed by atoms with Crippen LogP contribution in [-0.4, -0.2) is 27.6 Å². The van der Waals surface area contributed by atoms with Crippen molar-refractivity contribution in [2.75, 3.05) is 7.11 Å². The Morgan fingerprint density at radius 3 is 2.80 bits per heavy atom. The molecule has 5 nitrogen and oxygen atoms in total. The molecular weight excluding hydrogens is 338 g/mol. The Balaban J connectivity index is 1.82. The molecule has 0 saturated heterocycles. The monoisotopic (exact) mass is 355 g/mol. The molecular formula is C19H18ClN3O2. The molecule has 0 amide bonds. The Bertz CT molecular complexity index is 905. The summed E-state index contributed by atoms with van der Waals surface area (Å²) in [5.74, 6) is 0.330. The lowest BCUT2D eigenvalue weighted by Crippen LogP contribution is -2.06. The molecule has 0 N–H and O–H groups in total. The topological polar surface area (TPSA) is 57.0 Å². The van der Waals surface area contributed by atoms with Gasteiger partial charge in [0.25, 0.3) is 0 Å². The number of hydrogen-bond donors (Lipinski definition) is 0. The van der Waals surface area contributed by atoms with Crippen LogP contribution in [0.4, 0.5) is 0 Å². The number of methoxy groups -OCH3 is 1. The second kappa shape index (κ2) is 7.49. The van der Waals surface area contributed by atoms with Crippen molar-refractivity contribution in [1.29, 1.82) is 0 Å². The lowest BCUT2D eigenvalue weighted by atomic mass is 10.1. The van der Waals surface area contributed by atoms with Crippen LogP contribution < -0.4 is 0 Å². The molecule has 0 saturated carbocycles. The van der Waals surface area contributed by atoms with Crippen LogP contribution in [0.3, 0.4) is 0 Å². The van der Waals surface area contributed by atoms with Crippen molar-refractivity contribution in [1.82, 2.24) is 14.5 Å². The fourth-order valence-corrected chi connectivity index (χ4v) is 2.93. The van der Waals surface area contributed by atoms with Gasteiger partial charge in [-0.15, -0.1) is 0 Å². The average Bonchev–Trinajstić information content (AvgIpc) is 3.09. The zero-order valence-corrected chi connectivity index (χ0v) is 14.8. The first kappa shape index (κ1) is 17.2. The largest absolute Gasteiger partial charge is 0.465 e. The number of carbonyl (C=O) groups excluding carboxylic acids is 1. The quantitative estimate of drug-likeness (QED) is 0.650. The summed E-state index contributed by atoms with van der Waals surface area (Å²) in [5.41, 5.74) is 3.50. The van der Waals surface area contributed by atoms with Crippen LogP contribution in [0, 0.1) is 6.92 Å². The van der Waals surface area contributed by atoms with E-state index in [2.05, 4.69) is 16.9 Å². The van der Waals surface area contributed by atoms with Gasteiger partial charge in [0.05, 0.1) is 12.7 Å². The Labute approximate surface area is 151 Å². The van der Waals surface area contributed by atoms with Gasteiger partial charge in [-0.25, -0.2) is 9.78 Å². The minimum atomic E-state index is -0.390. The molecule has 0 radical (unpaired) electrons. The maximum Gasteiger partial charge on any atom is 0.337 e. The molecule has 0 aliphatic rings. The fraction of sp³-hybridized carbons (Fsp3) is 0.211. The highest BCUT2D eigenvalue weighted by Gasteiger charge is 2.12. The van der Waals surface area contributed by atoms with Gasteiger partial charge in [0.2, 0.25) is 0 Å². The van der Waals surface area contributed by atoms with Gasteiger partial charge in [0.1, 0.15) is 5.69 Å². The van der Waals surface area contributed by atoms with E-state index in [9.17, 15) is 4.79 Å². The number of pyridine rings is 1. The first-order valence-corrected chi connectivity index (χ1v) is 8.27. The smallest absolute Gasteiger partial charge is 0.337 e. The van der Waals surface area contributed by atoms with Gasteiger partial charge in [-0.3, -0.25) is 4.98 Å². The van der Waals surface area contributed by atoms with Gasteiger partial charge in [-0.2, -0.15) is 0 Å². The molecule has 25 heavy (non-hydrogen) atoms. The summed E-state index contributed by atoms with van der Waals surface area (Å²) in [7, 11) is 1.36. The summed E-state index contributed by atoms with van der Waals surface area (Å²) in [6.45, 7) is 2.80. The third-order valence-corrected chi connectivity index (χ3v) is 4.29. The average molecular weight is 356 g/mol. The lowest BCUT2D eigenvalue weighted by Gasteiger charge is -2.10. The highest BCUT2D eigenvalue weighted by atomic mass is 35.5. The number of benzene rings is 1. The van der Waals surface area contributed by atoms with Gasteiger partial charge in [0, 0.05) is 30.2 Å². The number of rotatable bonds is 5. The highest BCUT2D eigenvalue weighted by molar-refractivity contribution is 6.30. The summed E-state index contributed by atoms with van der Waals surface area (Å²) in [6, 6.07) is 9.23. The van der Waals surface area contributed by atoms with Crippen LogP contribution >= 0.6 is 11.6 Å². The third-order valence-electron chi connectivity index (χ3n) is 4.05. The van der Waals surface area contributed by atoms with Gasteiger partial charge >= 0.3 is 5.97 Å². The first-order chi connectivity index (χ1) is 12.1. The Kier molecular flexibility index (Phi) is 5.14. The molecule has 1 aromatic carbocycles. The summed E-state index contributed by atoms with van der Waals surface area (Å²) < 4.78 is 6.79. The summed E-state index contributed by atoms with van der Waals surface area (Å²) in [5, 5.41) is 0.744. The summed E-state index contributed by atoms with van der Waals surface area (Å²) in [6.07, 6.45) is 6.08. The SMILES string of the molecule is COC(=O)c1ccnc(-c2nccn2CCc2ccc(Cl)cc2C)c1. The molecule has 128 valence electrons. The van der Waals surface area contributed by atoms with Crippen molar-refractivity contribution in [3.63, 3.8) is 0 Å². The second-order valence-corrected chi connectivity index (χ2v) is 6.12. The zero-order chi connectivity index (χ0) is 17.8. The number of ether oxygens (including phenoxy) is 1. The molecule has 3 rings (SSSR count). The van der Waals surface area contributed by atoms with Crippen molar-refractivity contribution in [3.05, 3.63) is 70.6 Å². The van der Waals surface area contributed by atoms with Gasteiger partial charge in [-0.1, -0.05) is 17.7 Å². The molecule has 2 aromatic heterocycles. The number of esters is 1. The van der Waals surface area contributed by atoms with E-state index in [1.165, 1.54) is 18.2 Å². The minimum Gasteiger partial charge on any atom is -0.465 e. The van der Waals surface area contributed by atoms with Crippen LogP contribution in [0.5, 0.6) is 0 Å².